The number of hydrogen-bond donors (Lipinski definition) is 3. The van der Waals surface area contributed by atoms with Gasteiger partial charge in [-0.2, -0.15) is 0 Å². The number of para-hydroxylation sites is 1. The lowest BCUT2D eigenvalue weighted by Gasteiger charge is -2.25. The van der Waals surface area contributed by atoms with Gasteiger partial charge < -0.3 is 10.1 Å². The van der Waals surface area contributed by atoms with Crippen molar-refractivity contribution in [2.45, 2.75) is 32.5 Å². The van der Waals surface area contributed by atoms with Crippen molar-refractivity contribution in [2.24, 2.45) is 5.92 Å². The first-order chi connectivity index (χ1) is 8.75. The van der Waals surface area contributed by atoms with Crippen molar-refractivity contribution in [3.05, 3.63) is 30.3 Å². The molecular weight excluding hydrogens is 226 g/mol. The molecular formula is C14H23N3O. The van der Waals surface area contributed by atoms with Crippen molar-refractivity contribution in [3.63, 3.8) is 0 Å². The highest BCUT2D eigenvalue weighted by molar-refractivity contribution is 5.21. The van der Waals surface area contributed by atoms with Gasteiger partial charge in [0, 0.05) is 18.5 Å². The van der Waals surface area contributed by atoms with Gasteiger partial charge in [0.2, 0.25) is 0 Å². The van der Waals surface area contributed by atoms with Crippen LogP contribution < -0.4 is 20.9 Å². The van der Waals surface area contributed by atoms with Gasteiger partial charge in [-0.25, -0.2) is 5.43 Å². The Balaban J connectivity index is 1.83. The average Bonchev–Trinajstić information content (AvgIpc) is 2.88. The molecule has 1 aliphatic rings. The molecule has 1 aliphatic heterocycles. The van der Waals surface area contributed by atoms with Crippen molar-refractivity contribution in [3.8, 4) is 5.75 Å². The molecule has 0 aromatic heterocycles. The van der Waals surface area contributed by atoms with E-state index < -0.39 is 0 Å². The van der Waals surface area contributed by atoms with Crippen LogP contribution >= 0.6 is 0 Å². The van der Waals surface area contributed by atoms with E-state index in [0.29, 0.717) is 12.0 Å². The molecule has 0 spiro atoms. The molecule has 1 unspecified atom stereocenters. The molecule has 18 heavy (non-hydrogen) atoms. The molecule has 0 bridgehead atoms. The molecule has 0 aliphatic carbocycles. The Labute approximate surface area is 109 Å². The maximum Gasteiger partial charge on any atom is 0.164 e. The predicted octanol–water partition coefficient (Wildman–Crippen LogP) is 1.50. The first-order valence-corrected chi connectivity index (χ1v) is 6.69. The standard InChI is InChI=1S/C14H23N3O/c1-11(2)14(17-16-12-8-9-15-10-12)18-13-6-4-3-5-7-13/h3-7,11-12,14-17H,8-10H2,1-2H3/t12?,14-/m0/s1. The Kier molecular flexibility index (Phi) is 4.99. The number of nitrogens with one attached hydrogen (secondary N) is 3. The molecule has 1 aromatic carbocycles. The summed E-state index contributed by atoms with van der Waals surface area (Å²) in [6.45, 7) is 6.40. The Hall–Kier alpha value is -1.10. The topological polar surface area (TPSA) is 45.3 Å². The van der Waals surface area contributed by atoms with Gasteiger partial charge in [-0.1, -0.05) is 32.0 Å². The highest BCUT2D eigenvalue weighted by Crippen LogP contribution is 2.13. The van der Waals surface area contributed by atoms with Gasteiger partial charge in [-0.15, -0.1) is 0 Å². The number of rotatable bonds is 6. The van der Waals surface area contributed by atoms with E-state index in [1.54, 1.807) is 0 Å². The first-order valence-electron chi connectivity index (χ1n) is 6.69. The summed E-state index contributed by atoms with van der Waals surface area (Å²) >= 11 is 0. The zero-order valence-electron chi connectivity index (χ0n) is 11.1. The minimum Gasteiger partial charge on any atom is -0.474 e. The summed E-state index contributed by atoms with van der Waals surface area (Å²) in [4.78, 5) is 0. The van der Waals surface area contributed by atoms with Gasteiger partial charge in [0.25, 0.3) is 0 Å². The summed E-state index contributed by atoms with van der Waals surface area (Å²) in [5, 5.41) is 3.33. The summed E-state index contributed by atoms with van der Waals surface area (Å²) in [6.07, 6.45) is 1.14. The lowest BCUT2D eigenvalue weighted by Crippen LogP contribution is -2.51. The fraction of sp³-hybridized carbons (Fsp3) is 0.571. The Morgan fingerprint density at radius 2 is 2.06 bits per heavy atom. The highest BCUT2D eigenvalue weighted by Gasteiger charge is 2.18. The third kappa shape index (κ3) is 3.98. The number of benzene rings is 1. The number of hydrazine groups is 1. The fourth-order valence-electron chi connectivity index (χ4n) is 1.96. The lowest BCUT2D eigenvalue weighted by molar-refractivity contribution is 0.0940. The zero-order chi connectivity index (χ0) is 12.8. The highest BCUT2D eigenvalue weighted by atomic mass is 16.5. The van der Waals surface area contributed by atoms with E-state index in [1.165, 1.54) is 0 Å². The minimum atomic E-state index is -0.0204. The summed E-state index contributed by atoms with van der Waals surface area (Å²) < 4.78 is 5.94. The molecule has 1 saturated heterocycles. The zero-order valence-corrected chi connectivity index (χ0v) is 11.1. The monoisotopic (exact) mass is 249 g/mol. The van der Waals surface area contributed by atoms with Crippen molar-refractivity contribution in [1.29, 1.82) is 0 Å². The SMILES string of the molecule is CC(C)[C@@H](NNC1CCNC1)Oc1ccccc1. The van der Waals surface area contributed by atoms with E-state index in [0.717, 1.165) is 25.3 Å². The van der Waals surface area contributed by atoms with Crippen LogP contribution in [-0.2, 0) is 0 Å². The smallest absolute Gasteiger partial charge is 0.164 e. The summed E-state index contributed by atoms with van der Waals surface area (Å²) in [7, 11) is 0. The maximum atomic E-state index is 5.94. The number of ether oxygens (including phenoxy) is 1. The molecule has 1 aromatic rings. The summed E-state index contributed by atoms with van der Waals surface area (Å²) in [6, 6.07) is 10.4. The van der Waals surface area contributed by atoms with Gasteiger partial charge in [-0.05, 0) is 25.1 Å². The van der Waals surface area contributed by atoms with Crippen LogP contribution in [0.25, 0.3) is 0 Å². The maximum absolute atomic E-state index is 5.94. The van der Waals surface area contributed by atoms with Gasteiger partial charge >= 0.3 is 0 Å². The second-order valence-corrected chi connectivity index (χ2v) is 5.07. The largest absolute Gasteiger partial charge is 0.474 e. The second-order valence-electron chi connectivity index (χ2n) is 5.07. The van der Waals surface area contributed by atoms with Crippen LogP contribution in [0.1, 0.15) is 20.3 Å². The Morgan fingerprint density at radius 3 is 2.67 bits per heavy atom. The Bertz CT molecular complexity index is 336. The summed E-state index contributed by atoms with van der Waals surface area (Å²) in [5.41, 5.74) is 6.64. The van der Waals surface area contributed by atoms with E-state index in [9.17, 15) is 0 Å². The first kappa shape index (κ1) is 13.3. The second kappa shape index (κ2) is 6.73. The summed E-state index contributed by atoms with van der Waals surface area (Å²) in [5.74, 6) is 1.29. The molecule has 0 saturated carbocycles. The Morgan fingerprint density at radius 1 is 1.28 bits per heavy atom. The van der Waals surface area contributed by atoms with Gasteiger partial charge in [-0.3, -0.25) is 5.43 Å². The van der Waals surface area contributed by atoms with E-state index in [4.69, 9.17) is 4.74 Å². The minimum absolute atomic E-state index is 0.0204. The third-order valence-electron chi connectivity index (χ3n) is 3.10. The predicted molar refractivity (Wildman–Crippen MR) is 73.2 cm³/mol. The van der Waals surface area contributed by atoms with Gasteiger partial charge in [0.15, 0.2) is 6.23 Å². The fourth-order valence-corrected chi connectivity index (χ4v) is 1.96. The van der Waals surface area contributed by atoms with Crippen molar-refractivity contribution in [2.75, 3.05) is 13.1 Å². The third-order valence-corrected chi connectivity index (χ3v) is 3.10. The molecule has 0 amide bonds. The quantitative estimate of drug-likeness (QED) is 0.528. The van der Waals surface area contributed by atoms with Crippen LogP contribution in [0.3, 0.4) is 0 Å². The van der Waals surface area contributed by atoms with E-state index in [2.05, 4.69) is 30.0 Å². The van der Waals surface area contributed by atoms with Crippen LogP contribution in [0.15, 0.2) is 30.3 Å². The lowest BCUT2D eigenvalue weighted by atomic mass is 10.2. The molecule has 3 N–H and O–H groups in total. The van der Waals surface area contributed by atoms with E-state index >= 15 is 0 Å². The van der Waals surface area contributed by atoms with E-state index in [-0.39, 0.29) is 6.23 Å². The van der Waals surface area contributed by atoms with Crippen LogP contribution in [0.2, 0.25) is 0 Å². The molecule has 0 radical (unpaired) electrons. The average molecular weight is 249 g/mol. The molecule has 100 valence electrons. The van der Waals surface area contributed by atoms with Crippen molar-refractivity contribution < 1.29 is 4.74 Å². The van der Waals surface area contributed by atoms with Crippen LogP contribution in [0.4, 0.5) is 0 Å². The molecule has 4 nitrogen and oxygen atoms in total. The van der Waals surface area contributed by atoms with Crippen LogP contribution in [0.5, 0.6) is 5.75 Å². The van der Waals surface area contributed by atoms with Gasteiger partial charge in [0.05, 0.1) is 0 Å². The van der Waals surface area contributed by atoms with E-state index in [1.807, 2.05) is 30.3 Å². The van der Waals surface area contributed by atoms with Gasteiger partial charge in [0.1, 0.15) is 5.75 Å². The van der Waals surface area contributed by atoms with Crippen LogP contribution in [0, 0.1) is 5.92 Å². The molecule has 4 heteroatoms. The van der Waals surface area contributed by atoms with Crippen molar-refractivity contribution in [1.82, 2.24) is 16.2 Å². The number of hydrogen-bond acceptors (Lipinski definition) is 4. The normalized spacial score (nSPS) is 21.2. The molecule has 2 atom stereocenters. The van der Waals surface area contributed by atoms with Crippen molar-refractivity contribution >= 4 is 0 Å². The molecule has 2 rings (SSSR count). The molecule has 1 fully saturated rings. The van der Waals surface area contributed by atoms with Crippen LogP contribution in [-0.4, -0.2) is 25.4 Å². The molecule has 1 heterocycles.